The second kappa shape index (κ2) is 10.7. The van der Waals surface area contributed by atoms with Gasteiger partial charge in [-0.2, -0.15) is 0 Å². The van der Waals surface area contributed by atoms with Gasteiger partial charge in [0, 0.05) is 30.5 Å². The van der Waals surface area contributed by atoms with Crippen molar-refractivity contribution < 1.29 is 9.72 Å². The summed E-state index contributed by atoms with van der Waals surface area (Å²) in [5.41, 5.74) is 2.03. The molecule has 0 spiro atoms. The molecule has 1 aromatic heterocycles. The average molecular weight is 452 g/mol. The fourth-order valence-electron chi connectivity index (χ4n) is 3.01. The molecule has 1 amide bonds. The van der Waals surface area contributed by atoms with Crippen LogP contribution in [-0.2, 0) is 12.3 Å². The zero-order valence-corrected chi connectivity index (χ0v) is 18.8. The number of carbonyl (C=O) groups excluding carboxylic acids is 1. The van der Waals surface area contributed by atoms with Gasteiger partial charge in [-0.1, -0.05) is 56.0 Å². The van der Waals surface area contributed by atoms with Crippen LogP contribution in [0.3, 0.4) is 0 Å². The third kappa shape index (κ3) is 5.61. The maximum absolute atomic E-state index is 12.2. The number of nitro benzene ring substituents is 1. The van der Waals surface area contributed by atoms with Crippen LogP contribution in [0.5, 0.6) is 0 Å². The number of allylic oxidation sites excluding steroid dienone is 1. The molecule has 0 saturated carbocycles. The highest BCUT2D eigenvalue weighted by atomic mass is 32.2. The Balaban J connectivity index is 1.76. The molecule has 3 rings (SSSR count). The molecule has 2 aromatic carbocycles. The molecule has 1 N–H and O–H groups in total. The Labute approximate surface area is 190 Å². The fourth-order valence-corrected chi connectivity index (χ4v) is 3.91. The molecule has 3 aromatic rings. The van der Waals surface area contributed by atoms with E-state index in [-0.39, 0.29) is 11.6 Å². The van der Waals surface area contributed by atoms with E-state index in [2.05, 4.69) is 22.1 Å². The van der Waals surface area contributed by atoms with Gasteiger partial charge in [-0.05, 0) is 29.7 Å². The number of hydrogen-bond donors (Lipinski definition) is 1. The third-order valence-electron chi connectivity index (χ3n) is 4.63. The molecular formula is C23H25N5O3S. The molecule has 0 radical (unpaired) electrons. The van der Waals surface area contributed by atoms with E-state index in [1.807, 2.05) is 30.5 Å². The highest BCUT2D eigenvalue weighted by Crippen LogP contribution is 2.31. The number of carbonyl (C=O) groups is 1. The number of thioether (sulfide) groups is 1. The van der Waals surface area contributed by atoms with Crippen LogP contribution in [0, 0.1) is 16.0 Å². The highest BCUT2D eigenvalue weighted by molar-refractivity contribution is 7.98. The molecule has 1 heterocycles. The van der Waals surface area contributed by atoms with E-state index < -0.39 is 4.92 Å². The van der Waals surface area contributed by atoms with E-state index in [0.717, 1.165) is 5.56 Å². The molecule has 0 bridgehead atoms. The van der Waals surface area contributed by atoms with E-state index >= 15 is 0 Å². The number of benzene rings is 2. The first-order chi connectivity index (χ1) is 15.4. The van der Waals surface area contributed by atoms with Crippen LogP contribution in [-0.4, -0.2) is 32.1 Å². The Kier molecular flexibility index (Phi) is 7.77. The molecule has 0 aliphatic heterocycles. The lowest BCUT2D eigenvalue weighted by Crippen LogP contribution is -2.27. The van der Waals surface area contributed by atoms with Crippen molar-refractivity contribution in [3.63, 3.8) is 0 Å². The maximum atomic E-state index is 12.2. The minimum atomic E-state index is -0.423. The van der Waals surface area contributed by atoms with Gasteiger partial charge in [0.1, 0.15) is 0 Å². The number of nitro groups is 1. The topological polar surface area (TPSA) is 103 Å². The highest BCUT2D eigenvalue weighted by Gasteiger charge is 2.21. The van der Waals surface area contributed by atoms with Gasteiger partial charge in [0.15, 0.2) is 11.0 Å². The summed E-state index contributed by atoms with van der Waals surface area (Å²) >= 11 is 1.47. The predicted octanol–water partition coefficient (Wildman–Crippen LogP) is 4.72. The van der Waals surface area contributed by atoms with Crippen molar-refractivity contribution in [2.45, 2.75) is 31.3 Å². The number of rotatable bonds is 10. The van der Waals surface area contributed by atoms with Crippen molar-refractivity contribution in [1.29, 1.82) is 0 Å². The molecule has 166 valence electrons. The van der Waals surface area contributed by atoms with Crippen LogP contribution in [0.25, 0.3) is 11.4 Å². The fraction of sp³-hybridized carbons (Fsp3) is 0.261. The Bertz CT molecular complexity index is 1110. The first kappa shape index (κ1) is 23.2. The molecule has 0 unspecified atom stereocenters. The largest absolute Gasteiger partial charge is 0.352 e. The number of para-hydroxylation sites is 1. The number of amides is 1. The molecule has 0 fully saturated rings. The van der Waals surface area contributed by atoms with E-state index in [9.17, 15) is 14.9 Å². The van der Waals surface area contributed by atoms with Gasteiger partial charge in [-0.25, -0.2) is 0 Å². The summed E-state index contributed by atoms with van der Waals surface area (Å²) < 4.78 is 1.81. The SMILES string of the molecule is C=CCn1c(SCc2ccc(C(=O)NCC(C)C)cc2)nnc1-c1ccccc1[N+](=O)[O-]. The van der Waals surface area contributed by atoms with Crippen molar-refractivity contribution >= 4 is 23.4 Å². The van der Waals surface area contributed by atoms with E-state index in [1.165, 1.54) is 17.8 Å². The lowest BCUT2D eigenvalue weighted by Gasteiger charge is -2.09. The Morgan fingerprint density at radius 3 is 2.59 bits per heavy atom. The maximum Gasteiger partial charge on any atom is 0.280 e. The summed E-state index contributed by atoms with van der Waals surface area (Å²) in [5.74, 6) is 1.35. The first-order valence-electron chi connectivity index (χ1n) is 10.2. The van der Waals surface area contributed by atoms with Gasteiger partial charge in [0.2, 0.25) is 0 Å². The van der Waals surface area contributed by atoms with Crippen LogP contribution in [0.15, 0.2) is 66.3 Å². The van der Waals surface area contributed by atoms with Crippen LogP contribution >= 0.6 is 11.8 Å². The summed E-state index contributed by atoms with van der Waals surface area (Å²) in [5, 5.41) is 23.4. The molecule has 9 heteroatoms. The van der Waals surface area contributed by atoms with Crippen LogP contribution in [0.4, 0.5) is 5.69 Å². The monoisotopic (exact) mass is 451 g/mol. The number of aromatic nitrogens is 3. The van der Waals surface area contributed by atoms with Gasteiger partial charge in [-0.3, -0.25) is 19.5 Å². The van der Waals surface area contributed by atoms with Crippen molar-refractivity contribution in [2.75, 3.05) is 6.54 Å². The van der Waals surface area contributed by atoms with Crippen molar-refractivity contribution in [3.05, 3.63) is 82.4 Å². The minimum absolute atomic E-state index is 0.0203. The average Bonchev–Trinajstić information content (AvgIpc) is 3.19. The summed E-state index contributed by atoms with van der Waals surface area (Å²) in [6, 6.07) is 13.9. The van der Waals surface area contributed by atoms with Gasteiger partial charge >= 0.3 is 0 Å². The Morgan fingerprint density at radius 2 is 1.94 bits per heavy atom. The van der Waals surface area contributed by atoms with Gasteiger partial charge in [0.25, 0.3) is 11.6 Å². The van der Waals surface area contributed by atoms with E-state index in [0.29, 0.717) is 46.9 Å². The summed E-state index contributed by atoms with van der Waals surface area (Å²) in [4.78, 5) is 23.2. The number of nitrogens with zero attached hydrogens (tertiary/aromatic N) is 4. The molecule has 0 aliphatic carbocycles. The van der Waals surface area contributed by atoms with E-state index in [1.54, 1.807) is 36.4 Å². The van der Waals surface area contributed by atoms with Gasteiger partial charge < -0.3 is 5.32 Å². The van der Waals surface area contributed by atoms with Crippen molar-refractivity contribution in [3.8, 4) is 11.4 Å². The van der Waals surface area contributed by atoms with E-state index in [4.69, 9.17) is 0 Å². The molecule has 0 atom stereocenters. The van der Waals surface area contributed by atoms with Gasteiger partial charge in [-0.15, -0.1) is 16.8 Å². The number of nitrogens with one attached hydrogen (secondary N) is 1. The van der Waals surface area contributed by atoms with Crippen molar-refractivity contribution in [2.24, 2.45) is 5.92 Å². The molecule has 0 saturated heterocycles. The van der Waals surface area contributed by atoms with Gasteiger partial charge in [0.05, 0.1) is 10.5 Å². The normalized spacial score (nSPS) is 10.8. The van der Waals surface area contributed by atoms with Crippen LogP contribution in [0.1, 0.15) is 29.8 Å². The smallest absolute Gasteiger partial charge is 0.280 e. The molecule has 8 nitrogen and oxygen atoms in total. The first-order valence-corrected chi connectivity index (χ1v) is 11.2. The number of hydrogen-bond acceptors (Lipinski definition) is 6. The molecular weight excluding hydrogens is 426 g/mol. The second-order valence-corrected chi connectivity index (χ2v) is 8.51. The summed E-state index contributed by atoms with van der Waals surface area (Å²) in [6.45, 7) is 8.94. The predicted molar refractivity (Wildman–Crippen MR) is 125 cm³/mol. The standard InChI is InChI=1S/C23H25N5O3S/c1-4-13-27-21(19-7-5-6-8-20(19)28(30)31)25-26-23(27)32-15-17-9-11-18(12-10-17)22(29)24-14-16(2)3/h4-12,16H,1,13-15H2,2-3H3,(H,24,29). The molecule has 32 heavy (non-hydrogen) atoms. The Hall–Kier alpha value is -3.46. The van der Waals surface area contributed by atoms with Crippen LogP contribution < -0.4 is 5.32 Å². The quantitative estimate of drug-likeness (QED) is 0.207. The minimum Gasteiger partial charge on any atom is -0.352 e. The molecule has 0 aliphatic rings. The summed E-state index contributed by atoms with van der Waals surface area (Å²) in [6.07, 6.45) is 1.70. The lowest BCUT2D eigenvalue weighted by molar-refractivity contribution is -0.384. The Morgan fingerprint density at radius 1 is 1.22 bits per heavy atom. The lowest BCUT2D eigenvalue weighted by atomic mass is 10.1. The second-order valence-electron chi connectivity index (χ2n) is 7.57. The third-order valence-corrected chi connectivity index (χ3v) is 5.66. The zero-order valence-electron chi connectivity index (χ0n) is 18.0. The van der Waals surface area contributed by atoms with Crippen LogP contribution in [0.2, 0.25) is 0 Å². The summed E-state index contributed by atoms with van der Waals surface area (Å²) in [7, 11) is 0. The zero-order chi connectivity index (χ0) is 23.1. The van der Waals surface area contributed by atoms with Crippen molar-refractivity contribution in [1.82, 2.24) is 20.1 Å².